The summed E-state index contributed by atoms with van der Waals surface area (Å²) in [6, 6.07) is 21.4. The first kappa shape index (κ1) is 12.0. The molecule has 1 unspecified atom stereocenters. The predicted octanol–water partition coefficient (Wildman–Crippen LogP) is 4.03. The molecule has 94 valence electrons. The monoisotopic (exact) mass is 247 g/mol. The number of hydrogen-bond acceptors (Lipinski definition) is 1. The van der Waals surface area contributed by atoms with Gasteiger partial charge >= 0.3 is 0 Å². The molecule has 1 aliphatic carbocycles. The summed E-state index contributed by atoms with van der Waals surface area (Å²) in [6.07, 6.45) is 4.00. The number of aryl methyl sites for hydroxylation is 1. The molecule has 1 nitrogen and oxygen atoms in total. The van der Waals surface area contributed by atoms with E-state index in [9.17, 15) is 5.26 Å². The maximum Gasteiger partial charge on any atom is 0.0865 e. The molecule has 0 saturated heterocycles. The van der Waals surface area contributed by atoms with E-state index in [4.69, 9.17) is 0 Å². The van der Waals surface area contributed by atoms with Gasteiger partial charge in [-0.1, -0.05) is 54.6 Å². The smallest absolute Gasteiger partial charge is 0.0865 e. The van der Waals surface area contributed by atoms with Crippen LogP contribution in [0.5, 0.6) is 0 Å². The highest BCUT2D eigenvalue weighted by molar-refractivity contribution is 5.43. The lowest BCUT2D eigenvalue weighted by molar-refractivity contribution is 0.450. The lowest BCUT2D eigenvalue weighted by Crippen LogP contribution is -2.31. The average molecular weight is 247 g/mol. The molecule has 0 saturated carbocycles. The van der Waals surface area contributed by atoms with Crippen LogP contribution in [0.15, 0.2) is 54.6 Å². The highest BCUT2D eigenvalue weighted by Gasteiger charge is 2.36. The first-order valence-electron chi connectivity index (χ1n) is 6.88. The molecule has 1 aliphatic rings. The zero-order valence-corrected chi connectivity index (χ0v) is 11.0. The van der Waals surface area contributed by atoms with E-state index in [2.05, 4.69) is 54.6 Å². The average Bonchev–Trinajstić information content (AvgIpc) is 2.49. The predicted molar refractivity (Wildman–Crippen MR) is 76.8 cm³/mol. The van der Waals surface area contributed by atoms with Crippen molar-refractivity contribution in [2.75, 3.05) is 0 Å². The maximum absolute atomic E-state index is 9.80. The zero-order chi connectivity index (χ0) is 13.1. The van der Waals surface area contributed by atoms with E-state index in [-0.39, 0.29) is 5.41 Å². The van der Waals surface area contributed by atoms with Gasteiger partial charge < -0.3 is 0 Å². The van der Waals surface area contributed by atoms with Crippen LogP contribution in [0, 0.1) is 11.3 Å². The highest BCUT2D eigenvalue weighted by Crippen LogP contribution is 2.39. The van der Waals surface area contributed by atoms with Crippen molar-refractivity contribution in [3.05, 3.63) is 71.3 Å². The van der Waals surface area contributed by atoms with Crippen LogP contribution in [-0.4, -0.2) is 0 Å². The Morgan fingerprint density at radius 3 is 2.53 bits per heavy atom. The Hall–Kier alpha value is -2.07. The first-order valence-corrected chi connectivity index (χ1v) is 6.88. The topological polar surface area (TPSA) is 23.8 Å². The van der Waals surface area contributed by atoms with E-state index in [0.29, 0.717) is 0 Å². The molecule has 0 aromatic heterocycles. The Morgan fingerprint density at radius 2 is 1.74 bits per heavy atom. The summed E-state index contributed by atoms with van der Waals surface area (Å²) in [6.45, 7) is 0. The van der Waals surface area contributed by atoms with Gasteiger partial charge in [0.25, 0.3) is 0 Å². The molecular weight excluding hydrogens is 230 g/mol. The van der Waals surface area contributed by atoms with Gasteiger partial charge in [-0.05, 0) is 42.4 Å². The molecule has 0 bridgehead atoms. The van der Waals surface area contributed by atoms with E-state index in [1.807, 2.05) is 6.07 Å². The first-order chi connectivity index (χ1) is 9.34. The van der Waals surface area contributed by atoms with E-state index < -0.39 is 0 Å². The fourth-order valence-electron chi connectivity index (χ4n) is 3.20. The molecule has 19 heavy (non-hydrogen) atoms. The summed E-state index contributed by atoms with van der Waals surface area (Å²) in [7, 11) is 0. The number of fused-ring (bicyclic) bond motifs is 1. The van der Waals surface area contributed by atoms with Gasteiger partial charge in [0.05, 0.1) is 11.5 Å². The van der Waals surface area contributed by atoms with E-state index >= 15 is 0 Å². The third-order valence-electron chi connectivity index (χ3n) is 4.15. The van der Waals surface area contributed by atoms with Crippen molar-refractivity contribution in [3.63, 3.8) is 0 Å². The van der Waals surface area contributed by atoms with Crippen LogP contribution in [-0.2, 0) is 18.3 Å². The van der Waals surface area contributed by atoms with E-state index in [0.717, 1.165) is 25.7 Å². The van der Waals surface area contributed by atoms with Crippen LogP contribution in [0.2, 0.25) is 0 Å². The molecule has 0 fully saturated rings. The molecule has 2 aromatic rings. The van der Waals surface area contributed by atoms with Crippen LogP contribution in [0.3, 0.4) is 0 Å². The molecular formula is C18H17N. The summed E-state index contributed by atoms with van der Waals surface area (Å²) < 4.78 is 0. The molecule has 0 heterocycles. The van der Waals surface area contributed by atoms with Gasteiger partial charge in [-0.25, -0.2) is 0 Å². The van der Waals surface area contributed by atoms with Crippen molar-refractivity contribution in [2.45, 2.75) is 31.1 Å². The van der Waals surface area contributed by atoms with Crippen LogP contribution in [0.25, 0.3) is 0 Å². The molecule has 1 atom stereocenters. The second kappa shape index (κ2) is 4.90. The molecule has 0 spiro atoms. The summed E-state index contributed by atoms with van der Waals surface area (Å²) >= 11 is 0. The maximum atomic E-state index is 9.80. The van der Waals surface area contributed by atoms with Gasteiger partial charge in [0.1, 0.15) is 0 Å². The van der Waals surface area contributed by atoms with Gasteiger partial charge in [-0.2, -0.15) is 5.26 Å². The Kier molecular flexibility index (Phi) is 3.09. The molecule has 3 rings (SSSR count). The summed E-state index contributed by atoms with van der Waals surface area (Å²) in [5.74, 6) is 0. The second-order valence-corrected chi connectivity index (χ2v) is 5.37. The molecule has 0 aliphatic heterocycles. The summed E-state index contributed by atoms with van der Waals surface area (Å²) in [5, 5.41) is 9.80. The van der Waals surface area contributed by atoms with Crippen molar-refractivity contribution in [1.82, 2.24) is 0 Å². The van der Waals surface area contributed by atoms with E-state index in [1.54, 1.807) is 0 Å². The summed E-state index contributed by atoms with van der Waals surface area (Å²) in [5.41, 5.74) is 3.51. The number of rotatable bonds is 2. The molecule has 1 heteroatoms. The lowest BCUT2D eigenvalue weighted by atomic mass is 9.68. The standard InChI is InChI=1S/C18H17N/c19-14-18(13-15-7-2-1-3-8-15)12-6-10-16-9-4-5-11-17(16)18/h1-5,7-9,11H,6,10,12-13H2. The normalized spacial score (nSPS) is 21.4. The molecule has 0 radical (unpaired) electrons. The number of hydrogen-bond donors (Lipinski definition) is 0. The number of nitrogens with zero attached hydrogens (tertiary/aromatic N) is 1. The van der Waals surface area contributed by atoms with Crippen LogP contribution < -0.4 is 0 Å². The second-order valence-electron chi connectivity index (χ2n) is 5.37. The Balaban J connectivity index is 2.04. The number of nitriles is 1. The minimum Gasteiger partial charge on any atom is -0.197 e. The zero-order valence-electron chi connectivity index (χ0n) is 11.0. The third kappa shape index (κ3) is 2.15. The van der Waals surface area contributed by atoms with Gasteiger partial charge in [0.2, 0.25) is 0 Å². The fourth-order valence-corrected chi connectivity index (χ4v) is 3.20. The van der Waals surface area contributed by atoms with Gasteiger partial charge in [0, 0.05) is 0 Å². The van der Waals surface area contributed by atoms with Crippen molar-refractivity contribution in [1.29, 1.82) is 5.26 Å². The SMILES string of the molecule is N#CC1(Cc2ccccc2)CCCc2ccccc21. The molecule has 2 aromatic carbocycles. The molecule has 0 amide bonds. The minimum atomic E-state index is -0.337. The van der Waals surface area contributed by atoms with Crippen LogP contribution >= 0.6 is 0 Å². The van der Waals surface area contributed by atoms with Gasteiger partial charge in [-0.3, -0.25) is 0 Å². The van der Waals surface area contributed by atoms with Gasteiger partial charge in [-0.15, -0.1) is 0 Å². The van der Waals surface area contributed by atoms with Crippen LogP contribution in [0.1, 0.15) is 29.5 Å². The van der Waals surface area contributed by atoms with Crippen molar-refractivity contribution in [2.24, 2.45) is 0 Å². The quantitative estimate of drug-likeness (QED) is 0.786. The molecule has 0 N–H and O–H groups in total. The van der Waals surface area contributed by atoms with Crippen molar-refractivity contribution < 1.29 is 0 Å². The Labute approximate surface area is 114 Å². The largest absolute Gasteiger partial charge is 0.197 e. The van der Waals surface area contributed by atoms with E-state index in [1.165, 1.54) is 16.7 Å². The third-order valence-corrected chi connectivity index (χ3v) is 4.15. The van der Waals surface area contributed by atoms with Gasteiger partial charge in [0.15, 0.2) is 0 Å². The Morgan fingerprint density at radius 1 is 1.00 bits per heavy atom. The highest BCUT2D eigenvalue weighted by atomic mass is 14.4. The lowest BCUT2D eigenvalue weighted by Gasteiger charge is -2.33. The van der Waals surface area contributed by atoms with Crippen molar-refractivity contribution >= 4 is 0 Å². The minimum absolute atomic E-state index is 0.337. The number of benzene rings is 2. The van der Waals surface area contributed by atoms with Crippen molar-refractivity contribution in [3.8, 4) is 6.07 Å². The van der Waals surface area contributed by atoms with Crippen LogP contribution in [0.4, 0.5) is 0 Å². The fraction of sp³-hybridized carbons (Fsp3) is 0.278. The Bertz CT molecular complexity index is 609. The summed E-state index contributed by atoms with van der Waals surface area (Å²) in [4.78, 5) is 0.